The largest absolute Gasteiger partial charge is 0.454 e. The maximum absolute atomic E-state index is 12.2. The number of likely N-dealkylation sites (tertiary alicyclic amines) is 1. The van der Waals surface area contributed by atoms with Crippen LogP contribution in [0.25, 0.3) is 0 Å². The quantitative estimate of drug-likeness (QED) is 0.864. The van der Waals surface area contributed by atoms with E-state index in [1.54, 1.807) is 4.90 Å². The van der Waals surface area contributed by atoms with Gasteiger partial charge in [-0.05, 0) is 18.9 Å². The predicted octanol–water partition coefficient (Wildman–Crippen LogP) is 0.822. The molecule has 0 spiro atoms. The van der Waals surface area contributed by atoms with Crippen molar-refractivity contribution < 1.29 is 19.1 Å². The zero-order valence-corrected chi connectivity index (χ0v) is 12.2. The summed E-state index contributed by atoms with van der Waals surface area (Å²) in [5, 5.41) is 2.88. The van der Waals surface area contributed by atoms with Crippen LogP contribution in [0.15, 0.2) is 18.2 Å². The fraction of sp³-hybridized carbons (Fsp3) is 0.467. The molecule has 3 rings (SSSR count). The minimum absolute atomic E-state index is 0.119. The number of piperidine rings is 1. The number of benzene rings is 1. The molecule has 1 fully saturated rings. The molecule has 3 amide bonds. The number of carbonyl (C=O) groups excluding carboxylic acids is 2. The molecular weight excluding hydrogens is 286 g/mol. The van der Waals surface area contributed by atoms with E-state index < -0.39 is 0 Å². The first kappa shape index (κ1) is 14.5. The van der Waals surface area contributed by atoms with Crippen LogP contribution in [0.3, 0.4) is 0 Å². The van der Waals surface area contributed by atoms with E-state index >= 15 is 0 Å². The summed E-state index contributed by atoms with van der Waals surface area (Å²) in [5.74, 6) is 0.994. The van der Waals surface area contributed by atoms with Gasteiger partial charge in [-0.2, -0.15) is 0 Å². The molecule has 0 aromatic heterocycles. The summed E-state index contributed by atoms with van der Waals surface area (Å²) in [4.78, 5) is 25.0. The lowest BCUT2D eigenvalue weighted by molar-refractivity contribution is -0.123. The molecule has 118 valence electrons. The van der Waals surface area contributed by atoms with Crippen LogP contribution in [-0.4, -0.2) is 36.7 Å². The topological polar surface area (TPSA) is 93.9 Å². The molecular formula is C15H19N3O4. The molecule has 0 aliphatic carbocycles. The molecule has 0 saturated carbocycles. The Hall–Kier alpha value is -2.44. The summed E-state index contributed by atoms with van der Waals surface area (Å²) in [6, 6.07) is 5.46. The van der Waals surface area contributed by atoms with Crippen molar-refractivity contribution in [3.8, 4) is 11.5 Å². The molecule has 0 atom stereocenters. The normalized spacial score (nSPS) is 17.4. The second kappa shape index (κ2) is 6.13. The minimum Gasteiger partial charge on any atom is -0.454 e. The Bertz CT molecular complexity index is 582. The smallest absolute Gasteiger partial charge is 0.317 e. The Morgan fingerprint density at radius 2 is 2.05 bits per heavy atom. The summed E-state index contributed by atoms with van der Waals surface area (Å²) in [5.41, 5.74) is 6.18. The number of amides is 3. The van der Waals surface area contributed by atoms with Gasteiger partial charge in [-0.25, -0.2) is 4.79 Å². The number of hydrogen-bond acceptors (Lipinski definition) is 4. The standard InChI is InChI=1S/C15H19N3O4/c16-14(19)10-4-6-18(7-5-10)15(20)17-8-11-2-1-3-12-13(11)22-9-21-12/h1-3,10H,4-9H2,(H2,16,19)(H,17,20). The molecule has 22 heavy (non-hydrogen) atoms. The van der Waals surface area contributed by atoms with Crippen molar-refractivity contribution in [3.63, 3.8) is 0 Å². The maximum Gasteiger partial charge on any atom is 0.317 e. The van der Waals surface area contributed by atoms with Crippen molar-refractivity contribution in [3.05, 3.63) is 23.8 Å². The first-order valence-corrected chi connectivity index (χ1v) is 7.34. The van der Waals surface area contributed by atoms with Gasteiger partial charge < -0.3 is 25.4 Å². The molecule has 3 N–H and O–H groups in total. The summed E-state index contributed by atoms with van der Waals surface area (Å²) in [7, 11) is 0. The maximum atomic E-state index is 12.2. The Labute approximate surface area is 128 Å². The highest BCUT2D eigenvalue weighted by Gasteiger charge is 2.26. The minimum atomic E-state index is -0.281. The van der Waals surface area contributed by atoms with Gasteiger partial charge in [0.15, 0.2) is 11.5 Å². The number of urea groups is 1. The molecule has 7 heteroatoms. The molecule has 2 aliphatic rings. The van der Waals surface area contributed by atoms with E-state index in [9.17, 15) is 9.59 Å². The first-order chi connectivity index (χ1) is 10.6. The van der Waals surface area contributed by atoms with Gasteiger partial charge in [0.2, 0.25) is 12.7 Å². The van der Waals surface area contributed by atoms with Gasteiger partial charge in [-0.15, -0.1) is 0 Å². The molecule has 1 aromatic rings. The van der Waals surface area contributed by atoms with Crippen molar-refractivity contribution in [2.24, 2.45) is 11.7 Å². The number of hydrogen-bond donors (Lipinski definition) is 2. The second-order valence-corrected chi connectivity index (χ2v) is 5.47. The predicted molar refractivity (Wildman–Crippen MR) is 78.3 cm³/mol. The fourth-order valence-electron chi connectivity index (χ4n) is 2.78. The van der Waals surface area contributed by atoms with Gasteiger partial charge in [0.1, 0.15) is 0 Å². The summed E-state index contributed by atoms with van der Waals surface area (Å²) < 4.78 is 10.7. The Kier molecular flexibility index (Phi) is 4.04. The number of rotatable bonds is 3. The van der Waals surface area contributed by atoms with E-state index in [-0.39, 0.29) is 24.6 Å². The van der Waals surface area contributed by atoms with Crippen LogP contribution in [0, 0.1) is 5.92 Å². The molecule has 2 aliphatic heterocycles. The van der Waals surface area contributed by atoms with Gasteiger partial charge in [-0.3, -0.25) is 4.79 Å². The lowest BCUT2D eigenvalue weighted by atomic mass is 9.96. The highest BCUT2D eigenvalue weighted by Crippen LogP contribution is 2.35. The van der Waals surface area contributed by atoms with Crippen molar-refractivity contribution in [1.82, 2.24) is 10.2 Å². The highest BCUT2D eigenvalue weighted by molar-refractivity contribution is 5.78. The molecule has 2 heterocycles. The third kappa shape index (κ3) is 2.93. The number of carbonyl (C=O) groups is 2. The van der Waals surface area contributed by atoms with E-state index in [2.05, 4.69) is 5.32 Å². The lowest BCUT2D eigenvalue weighted by Crippen LogP contribution is -2.46. The lowest BCUT2D eigenvalue weighted by Gasteiger charge is -2.30. The van der Waals surface area contributed by atoms with E-state index in [0.717, 1.165) is 5.56 Å². The third-order valence-corrected chi connectivity index (χ3v) is 4.09. The number of para-hydroxylation sites is 1. The monoisotopic (exact) mass is 305 g/mol. The molecule has 7 nitrogen and oxygen atoms in total. The Balaban J connectivity index is 1.53. The number of nitrogens with one attached hydrogen (secondary N) is 1. The number of nitrogens with two attached hydrogens (primary N) is 1. The van der Waals surface area contributed by atoms with E-state index in [4.69, 9.17) is 15.2 Å². The molecule has 1 saturated heterocycles. The molecule has 0 unspecified atom stereocenters. The number of ether oxygens (including phenoxy) is 2. The summed E-state index contributed by atoms with van der Waals surface area (Å²) >= 11 is 0. The number of primary amides is 1. The summed E-state index contributed by atoms with van der Waals surface area (Å²) in [6.07, 6.45) is 1.25. The van der Waals surface area contributed by atoms with E-state index in [0.29, 0.717) is 44.0 Å². The van der Waals surface area contributed by atoms with Crippen molar-refractivity contribution in [2.75, 3.05) is 19.9 Å². The first-order valence-electron chi connectivity index (χ1n) is 7.34. The van der Waals surface area contributed by atoms with Gasteiger partial charge >= 0.3 is 6.03 Å². The SMILES string of the molecule is NC(=O)C1CCN(C(=O)NCc2cccc3c2OCO3)CC1. The van der Waals surface area contributed by atoms with Crippen LogP contribution >= 0.6 is 0 Å². The average Bonchev–Trinajstić information content (AvgIpc) is 3.01. The second-order valence-electron chi connectivity index (χ2n) is 5.47. The number of fused-ring (bicyclic) bond motifs is 1. The third-order valence-electron chi connectivity index (χ3n) is 4.09. The molecule has 0 radical (unpaired) electrons. The van der Waals surface area contributed by atoms with Gasteiger partial charge in [0.25, 0.3) is 0 Å². The van der Waals surface area contributed by atoms with Crippen molar-refractivity contribution >= 4 is 11.9 Å². The number of nitrogens with zero attached hydrogens (tertiary/aromatic N) is 1. The molecule has 1 aromatic carbocycles. The van der Waals surface area contributed by atoms with Crippen LogP contribution in [-0.2, 0) is 11.3 Å². The fourth-order valence-corrected chi connectivity index (χ4v) is 2.78. The zero-order valence-electron chi connectivity index (χ0n) is 12.2. The average molecular weight is 305 g/mol. The summed E-state index contributed by atoms with van der Waals surface area (Å²) in [6.45, 7) is 1.68. The Morgan fingerprint density at radius 3 is 2.77 bits per heavy atom. The van der Waals surface area contributed by atoms with Gasteiger partial charge in [0.05, 0.1) is 0 Å². The van der Waals surface area contributed by atoms with Crippen LogP contribution in [0.1, 0.15) is 18.4 Å². The van der Waals surface area contributed by atoms with Crippen LogP contribution in [0.4, 0.5) is 4.79 Å². The van der Waals surface area contributed by atoms with Gasteiger partial charge in [0, 0.05) is 31.1 Å². The van der Waals surface area contributed by atoms with Crippen LogP contribution in [0.5, 0.6) is 11.5 Å². The van der Waals surface area contributed by atoms with Gasteiger partial charge in [-0.1, -0.05) is 12.1 Å². The highest BCUT2D eigenvalue weighted by atomic mass is 16.7. The van der Waals surface area contributed by atoms with Crippen molar-refractivity contribution in [1.29, 1.82) is 0 Å². The van der Waals surface area contributed by atoms with Crippen molar-refractivity contribution in [2.45, 2.75) is 19.4 Å². The van der Waals surface area contributed by atoms with Crippen LogP contribution < -0.4 is 20.5 Å². The molecule has 0 bridgehead atoms. The van der Waals surface area contributed by atoms with Crippen LogP contribution in [0.2, 0.25) is 0 Å². The Morgan fingerprint density at radius 1 is 1.27 bits per heavy atom. The zero-order chi connectivity index (χ0) is 15.5. The van der Waals surface area contributed by atoms with E-state index in [1.165, 1.54) is 0 Å². The van der Waals surface area contributed by atoms with E-state index in [1.807, 2.05) is 18.2 Å².